The first-order chi connectivity index (χ1) is 8.49. The van der Waals surface area contributed by atoms with Gasteiger partial charge in [-0.05, 0) is 24.6 Å². The zero-order chi connectivity index (χ0) is 13.3. The van der Waals surface area contributed by atoms with Gasteiger partial charge in [-0.15, -0.1) is 0 Å². The van der Waals surface area contributed by atoms with Crippen molar-refractivity contribution in [2.24, 2.45) is 0 Å². The van der Waals surface area contributed by atoms with Crippen molar-refractivity contribution in [3.05, 3.63) is 62.0 Å². The number of aromatic nitrogens is 2. The first-order valence-corrected chi connectivity index (χ1v) is 5.26. The molecule has 0 saturated heterocycles. The van der Waals surface area contributed by atoms with Crippen molar-refractivity contribution in [2.45, 2.75) is 13.5 Å². The van der Waals surface area contributed by atoms with Gasteiger partial charge < -0.3 is 5.11 Å². The third kappa shape index (κ3) is 2.17. The maximum Gasteiger partial charge on any atom is 0.331 e. The van der Waals surface area contributed by atoms with Crippen molar-refractivity contribution in [2.75, 3.05) is 0 Å². The zero-order valence-corrected chi connectivity index (χ0v) is 9.61. The van der Waals surface area contributed by atoms with E-state index < -0.39 is 22.9 Å². The van der Waals surface area contributed by atoms with Crippen molar-refractivity contribution in [1.82, 2.24) is 9.55 Å². The van der Waals surface area contributed by atoms with Crippen LogP contribution in [0.2, 0.25) is 0 Å². The number of hydrogen-bond acceptors (Lipinski definition) is 3. The molecule has 0 fully saturated rings. The molecule has 0 amide bonds. The number of nitrogens with one attached hydrogen (secondary N) is 1. The van der Waals surface area contributed by atoms with Gasteiger partial charge in [0.25, 0.3) is 5.56 Å². The summed E-state index contributed by atoms with van der Waals surface area (Å²) in [6.45, 7) is 1.38. The predicted molar refractivity (Wildman–Crippen MR) is 63.2 cm³/mol. The van der Waals surface area contributed by atoms with Crippen LogP contribution in [0.25, 0.3) is 0 Å². The van der Waals surface area contributed by atoms with E-state index in [4.69, 9.17) is 0 Å². The molecule has 6 heteroatoms. The highest BCUT2D eigenvalue weighted by Crippen LogP contribution is 2.11. The van der Waals surface area contributed by atoms with E-state index in [-0.39, 0.29) is 12.1 Å². The minimum absolute atomic E-state index is 0.0138. The van der Waals surface area contributed by atoms with Gasteiger partial charge in [-0.25, -0.2) is 9.18 Å². The summed E-state index contributed by atoms with van der Waals surface area (Å²) in [6.07, 6.45) is 0. The molecule has 0 radical (unpaired) electrons. The minimum Gasteiger partial charge on any atom is -0.494 e. The molecule has 0 aliphatic rings. The summed E-state index contributed by atoms with van der Waals surface area (Å²) in [5, 5.41) is 9.74. The van der Waals surface area contributed by atoms with Gasteiger partial charge in [-0.3, -0.25) is 14.3 Å². The van der Waals surface area contributed by atoms with Gasteiger partial charge in [-0.2, -0.15) is 0 Å². The van der Waals surface area contributed by atoms with E-state index in [1.807, 2.05) is 0 Å². The van der Waals surface area contributed by atoms with Crippen molar-refractivity contribution >= 4 is 0 Å². The van der Waals surface area contributed by atoms with Crippen molar-refractivity contribution < 1.29 is 9.50 Å². The third-order valence-corrected chi connectivity index (χ3v) is 2.63. The molecule has 0 atom stereocenters. The molecular formula is C12H11FN2O3. The SMILES string of the molecule is Cc1c(O)n(Cc2cccc(F)c2)c(=O)[nH]c1=O. The quantitative estimate of drug-likeness (QED) is 0.825. The van der Waals surface area contributed by atoms with Crippen LogP contribution in [0.5, 0.6) is 5.88 Å². The molecule has 0 spiro atoms. The summed E-state index contributed by atoms with van der Waals surface area (Å²) in [5.74, 6) is -0.839. The molecular weight excluding hydrogens is 239 g/mol. The largest absolute Gasteiger partial charge is 0.494 e. The van der Waals surface area contributed by atoms with Crippen LogP contribution in [0.15, 0.2) is 33.9 Å². The number of rotatable bonds is 2. The predicted octanol–water partition coefficient (Wildman–Crippen LogP) is 0.738. The second kappa shape index (κ2) is 4.48. The van der Waals surface area contributed by atoms with Gasteiger partial charge in [0.15, 0.2) is 0 Å². The van der Waals surface area contributed by atoms with Crippen LogP contribution in [-0.4, -0.2) is 14.7 Å². The second-order valence-corrected chi connectivity index (χ2v) is 3.92. The van der Waals surface area contributed by atoms with Crippen LogP contribution in [-0.2, 0) is 6.54 Å². The number of benzene rings is 1. The summed E-state index contributed by atoms with van der Waals surface area (Å²) >= 11 is 0. The summed E-state index contributed by atoms with van der Waals surface area (Å²) in [6, 6.07) is 5.66. The van der Waals surface area contributed by atoms with Crippen molar-refractivity contribution in [3.63, 3.8) is 0 Å². The summed E-state index contributed by atoms with van der Waals surface area (Å²) in [7, 11) is 0. The third-order valence-electron chi connectivity index (χ3n) is 2.63. The molecule has 2 rings (SSSR count). The molecule has 1 aromatic heterocycles. The molecule has 94 valence electrons. The average Bonchev–Trinajstić information content (AvgIpc) is 2.32. The van der Waals surface area contributed by atoms with Crippen LogP contribution in [0.4, 0.5) is 4.39 Å². The van der Waals surface area contributed by atoms with E-state index in [2.05, 4.69) is 4.98 Å². The first-order valence-electron chi connectivity index (χ1n) is 5.26. The van der Waals surface area contributed by atoms with E-state index in [1.165, 1.54) is 25.1 Å². The monoisotopic (exact) mass is 250 g/mol. The highest BCUT2D eigenvalue weighted by atomic mass is 19.1. The van der Waals surface area contributed by atoms with Crippen molar-refractivity contribution in [1.29, 1.82) is 0 Å². The number of nitrogens with zero attached hydrogens (tertiary/aromatic N) is 1. The lowest BCUT2D eigenvalue weighted by atomic mass is 10.2. The number of aromatic hydroxyl groups is 1. The van der Waals surface area contributed by atoms with Crippen LogP contribution < -0.4 is 11.2 Å². The van der Waals surface area contributed by atoms with Crippen molar-refractivity contribution in [3.8, 4) is 5.88 Å². The molecule has 0 aliphatic heterocycles. The van der Waals surface area contributed by atoms with Crippen LogP contribution in [0, 0.1) is 12.7 Å². The Balaban J connectivity index is 2.50. The topological polar surface area (TPSA) is 75.1 Å². The molecule has 18 heavy (non-hydrogen) atoms. The van der Waals surface area contributed by atoms with Gasteiger partial charge in [0, 0.05) is 0 Å². The smallest absolute Gasteiger partial charge is 0.331 e. The van der Waals surface area contributed by atoms with Crippen LogP contribution in [0.3, 0.4) is 0 Å². The van der Waals surface area contributed by atoms with Gasteiger partial charge in [-0.1, -0.05) is 12.1 Å². The molecule has 0 bridgehead atoms. The van der Waals surface area contributed by atoms with Gasteiger partial charge in [0.05, 0.1) is 12.1 Å². The van der Waals surface area contributed by atoms with Crippen LogP contribution in [0.1, 0.15) is 11.1 Å². The summed E-state index contributed by atoms with van der Waals surface area (Å²) < 4.78 is 14.0. The molecule has 2 N–H and O–H groups in total. The zero-order valence-electron chi connectivity index (χ0n) is 9.61. The normalized spacial score (nSPS) is 10.6. The standard InChI is InChI=1S/C12H11FN2O3/c1-7-10(16)14-12(18)15(11(7)17)6-8-3-2-4-9(13)5-8/h2-5,17H,6H2,1H3,(H,14,16,18). The Labute approximate surface area is 101 Å². The van der Waals surface area contributed by atoms with Gasteiger partial charge in [0.1, 0.15) is 5.82 Å². The Bertz CT molecular complexity index is 703. The van der Waals surface area contributed by atoms with Gasteiger partial charge in [0.2, 0.25) is 5.88 Å². The van der Waals surface area contributed by atoms with E-state index in [0.717, 1.165) is 4.57 Å². The second-order valence-electron chi connectivity index (χ2n) is 3.92. The maximum atomic E-state index is 13.0. The Morgan fingerprint density at radius 3 is 2.78 bits per heavy atom. The van der Waals surface area contributed by atoms with Crippen LogP contribution >= 0.6 is 0 Å². The van der Waals surface area contributed by atoms with Gasteiger partial charge >= 0.3 is 5.69 Å². The lowest BCUT2D eigenvalue weighted by Crippen LogP contribution is -2.31. The maximum absolute atomic E-state index is 13.0. The highest BCUT2D eigenvalue weighted by molar-refractivity contribution is 5.23. The summed E-state index contributed by atoms with van der Waals surface area (Å²) in [5.41, 5.74) is -0.801. The fourth-order valence-corrected chi connectivity index (χ4v) is 1.62. The number of H-pyrrole nitrogens is 1. The Kier molecular flexibility index (Phi) is 3.01. The molecule has 1 heterocycles. The van der Waals surface area contributed by atoms with E-state index >= 15 is 0 Å². The Hall–Kier alpha value is -2.37. The Morgan fingerprint density at radius 2 is 2.11 bits per heavy atom. The fraction of sp³-hybridized carbons (Fsp3) is 0.167. The molecule has 0 unspecified atom stereocenters. The highest BCUT2D eigenvalue weighted by Gasteiger charge is 2.10. The van der Waals surface area contributed by atoms with E-state index in [0.29, 0.717) is 5.56 Å². The van der Waals surface area contributed by atoms with E-state index in [1.54, 1.807) is 6.07 Å². The molecule has 1 aromatic carbocycles. The Morgan fingerprint density at radius 1 is 1.39 bits per heavy atom. The average molecular weight is 250 g/mol. The minimum atomic E-state index is -0.729. The lowest BCUT2D eigenvalue weighted by molar-refractivity contribution is 0.404. The fourth-order valence-electron chi connectivity index (χ4n) is 1.62. The van der Waals surface area contributed by atoms with E-state index in [9.17, 15) is 19.1 Å². The summed E-state index contributed by atoms with van der Waals surface area (Å²) in [4.78, 5) is 24.9. The molecule has 0 aliphatic carbocycles. The number of hydrogen-bond donors (Lipinski definition) is 2. The number of aromatic amines is 1. The molecule has 0 saturated carbocycles. The first kappa shape index (κ1) is 12.1. The molecule has 2 aromatic rings. The number of halogens is 1. The lowest BCUT2D eigenvalue weighted by Gasteiger charge is -2.09. The molecule has 5 nitrogen and oxygen atoms in total.